The first-order chi connectivity index (χ1) is 7.58. The summed E-state index contributed by atoms with van der Waals surface area (Å²) in [5.74, 6) is 3.85. The molecule has 1 aromatic rings. The second kappa shape index (κ2) is 4.82. The summed E-state index contributed by atoms with van der Waals surface area (Å²) >= 11 is 1.97. The minimum absolute atomic E-state index is 0.535. The van der Waals surface area contributed by atoms with Gasteiger partial charge in [-0.15, -0.1) is 0 Å². The number of aryl methyl sites for hydroxylation is 1. The Morgan fingerprint density at radius 2 is 2.44 bits per heavy atom. The van der Waals surface area contributed by atoms with Crippen LogP contribution in [0.4, 0.5) is 0 Å². The topological polar surface area (TPSA) is 45.4 Å². The zero-order valence-electron chi connectivity index (χ0n) is 9.82. The number of hydrogen-bond acceptors (Lipinski definition) is 4. The molecule has 2 atom stereocenters. The summed E-state index contributed by atoms with van der Waals surface area (Å²) in [5, 5.41) is 13.7. The number of nitrogens with one attached hydrogen (secondary N) is 1. The molecule has 1 aliphatic rings. The Morgan fingerprint density at radius 3 is 3.00 bits per heavy atom. The maximum Gasteiger partial charge on any atom is 0.136 e. The quantitative estimate of drug-likeness (QED) is 0.845. The fraction of sp³-hybridized carbons (Fsp3) is 0.667. The van der Waals surface area contributed by atoms with Crippen molar-refractivity contribution in [1.82, 2.24) is 5.32 Å². The smallest absolute Gasteiger partial charge is 0.136 e. The fourth-order valence-corrected chi connectivity index (χ4v) is 3.04. The highest BCUT2D eigenvalue weighted by molar-refractivity contribution is 7.99. The van der Waals surface area contributed by atoms with Crippen molar-refractivity contribution in [1.29, 1.82) is 0 Å². The Hall–Kier alpha value is -0.450. The maximum absolute atomic E-state index is 10.3. The lowest BCUT2D eigenvalue weighted by atomic mass is 10.0. The summed E-state index contributed by atoms with van der Waals surface area (Å²) in [4.78, 5) is 0. The highest BCUT2D eigenvalue weighted by atomic mass is 32.2. The lowest BCUT2D eigenvalue weighted by Gasteiger charge is -2.23. The SMILES string of the molecule is Cc1ccc(C(C)(O)CNC2CCSC2)o1. The van der Waals surface area contributed by atoms with Crippen LogP contribution in [0.3, 0.4) is 0 Å². The molecule has 1 saturated heterocycles. The largest absolute Gasteiger partial charge is 0.463 e. The zero-order valence-corrected chi connectivity index (χ0v) is 10.6. The van der Waals surface area contributed by atoms with Gasteiger partial charge in [0, 0.05) is 18.3 Å². The normalized spacial score (nSPS) is 24.6. The molecule has 0 radical (unpaired) electrons. The van der Waals surface area contributed by atoms with Gasteiger partial charge in [-0.2, -0.15) is 11.8 Å². The van der Waals surface area contributed by atoms with Crippen LogP contribution in [0.15, 0.2) is 16.5 Å². The van der Waals surface area contributed by atoms with E-state index < -0.39 is 5.60 Å². The standard InChI is InChI=1S/C12H19NO2S/c1-9-3-4-11(15-9)12(2,14)8-13-10-5-6-16-7-10/h3-4,10,13-14H,5-8H2,1-2H3. The summed E-state index contributed by atoms with van der Waals surface area (Å²) in [7, 11) is 0. The van der Waals surface area contributed by atoms with E-state index in [1.54, 1.807) is 6.92 Å². The van der Waals surface area contributed by atoms with Gasteiger partial charge in [0.1, 0.15) is 17.1 Å². The number of thioether (sulfide) groups is 1. The molecule has 1 fully saturated rings. The number of hydrogen-bond donors (Lipinski definition) is 2. The minimum Gasteiger partial charge on any atom is -0.463 e. The molecule has 1 aliphatic heterocycles. The molecule has 2 unspecified atom stereocenters. The molecule has 2 heterocycles. The van der Waals surface area contributed by atoms with Crippen molar-refractivity contribution in [3.8, 4) is 0 Å². The Morgan fingerprint density at radius 1 is 1.62 bits per heavy atom. The van der Waals surface area contributed by atoms with Crippen molar-refractivity contribution in [2.24, 2.45) is 0 Å². The van der Waals surface area contributed by atoms with Crippen LogP contribution in [0.2, 0.25) is 0 Å². The van der Waals surface area contributed by atoms with Crippen molar-refractivity contribution in [2.45, 2.75) is 31.9 Å². The number of furan rings is 1. The second-order valence-corrected chi connectivity index (χ2v) is 5.78. The average molecular weight is 241 g/mol. The molecule has 3 nitrogen and oxygen atoms in total. The first-order valence-electron chi connectivity index (χ1n) is 5.68. The lowest BCUT2D eigenvalue weighted by molar-refractivity contribution is 0.0315. The maximum atomic E-state index is 10.3. The minimum atomic E-state index is -0.915. The summed E-state index contributed by atoms with van der Waals surface area (Å²) < 4.78 is 5.47. The Bertz CT molecular complexity index is 343. The molecule has 90 valence electrons. The first kappa shape index (κ1) is 12.0. The van der Waals surface area contributed by atoms with E-state index in [2.05, 4.69) is 5.32 Å². The molecular weight excluding hydrogens is 222 g/mol. The van der Waals surface area contributed by atoms with Gasteiger partial charge in [-0.1, -0.05) is 0 Å². The van der Waals surface area contributed by atoms with Crippen molar-refractivity contribution in [3.63, 3.8) is 0 Å². The molecule has 2 N–H and O–H groups in total. The monoisotopic (exact) mass is 241 g/mol. The summed E-state index contributed by atoms with van der Waals surface area (Å²) in [5.41, 5.74) is -0.915. The van der Waals surface area contributed by atoms with Gasteiger partial charge in [-0.05, 0) is 38.2 Å². The van der Waals surface area contributed by atoms with E-state index in [1.165, 1.54) is 12.2 Å². The van der Waals surface area contributed by atoms with Crippen LogP contribution in [0.25, 0.3) is 0 Å². The predicted octanol–water partition coefficient (Wildman–Crippen LogP) is 1.89. The van der Waals surface area contributed by atoms with E-state index in [9.17, 15) is 5.11 Å². The number of aliphatic hydroxyl groups is 1. The van der Waals surface area contributed by atoms with Gasteiger partial charge < -0.3 is 14.8 Å². The van der Waals surface area contributed by atoms with Crippen LogP contribution in [-0.2, 0) is 5.60 Å². The average Bonchev–Trinajstić information content (AvgIpc) is 2.85. The van der Waals surface area contributed by atoms with E-state index in [0.29, 0.717) is 18.3 Å². The van der Waals surface area contributed by atoms with E-state index in [4.69, 9.17) is 4.42 Å². The third kappa shape index (κ3) is 2.81. The molecule has 16 heavy (non-hydrogen) atoms. The molecular formula is C12H19NO2S. The van der Waals surface area contributed by atoms with Crippen LogP contribution in [0, 0.1) is 6.92 Å². The van der Waals surface area contributed by atoms with E-state index >= 15 is 0 Å². The van der Waals surface area contributed by atoms with Crippen molar-refractivity contribution < 1.29 is 9.52 Å². The summed E-state index contributed by atoms with van der Waals surface area (Å²) in [6.07, 6.45) is 1.19. The third-order valence-corrected chi connectivity index (χ3v) is 4.10. The van der Waals surface area contributed by atoms with Gasteiger partial charge in [0.2, 0.25) is 0 Å². The van der Waals surface area contributed by atoms with Crippen molar-refractivity contribution in [2.75, 3.05) is 18.1 Å². The highest BCUT2D eigenvalue weighted by Gasteiger charge is 2.28. The fourth-order valence-electron chi connectivity index (χ4n) is 1.85. The molecule has 1 aromatic heterocycles. The lowest BCUT2D eigenvalue weighted by Crippen LogP contribution is -2.40. The second-order valence-electron chi connectivity index (χ2n) is 4.63. The zero-order chi connectivity index (χ0) is 11.6. The molecule has 0 aromatic carbocycles. The van der Waals surface area contributed by atoms with Crippen LogP contribution in [-0.4, -0.2) is 29.2 Å². The summed E-state index contributed by atoms with van der Waals surface area (Å²) in [6, 6.07) is 4.27. The molecule has 0 spiro atoms. The van der Waals surface area contributed by atoms with Crippen molar-refractivity contribution >= 4 is 11.8 Å². The van der Waals surface area contributed by atoms with E-state index in [-0.39, 0.29) is 0 Å². The van der Waals surface area contributed by atoms with Crippen LogP contribution in [0.5, 0.6) is 0 Å². The van der Waals surface area contributed by atoms with Gasteiger partial charge >= 0.3 is 0 Å². The van der Waals surface area contributed by atoms with Gasteiger partial charge in [-0.25, -0.2) is 0 Å². The van der Waals surface area contributed by atoms with E-state index in [1.807, 2.05) is 30.8 Å². The highest BCUT2D eigenvalue weighted by Crippen LogP contribution is 2.23. The van der Waals surface area contributed by atoms with Gasteiger partial charge in [0.25, 0.3) is 0 Å². The Balaban J connectivity index is 1.91. The van der Waals surface area contributed by atoms with Gasteiger partial charge in [0.05, 0.1) is 0 Å². The Kier molecular flexibility index (Phi) is 3.62. The molecule has 0 saturated carbocycles. The molecule has 0 amide bonds. The molecule has 4 heteroatoms. The molecule has 2 rings (SSSR count). The first-order valence-corrected chi connectivity index (χ1v) is 6.84. The van der Waals surface area contributed by atoms with Crippen LogP contribution < -0.4 is 5.32 Å². The van der Waals surface area contributed by atoms with Gasteiger partial charge in [-0.3, -0.25) is 0 Å². The predicted molar refractivity (Wildman–Crippen MR) is 66.7 cm³/mol. The van der Waals surface area contributed by atoms with E-state index in [0.717, 1.165) is 11.5 Å². The third-order valence-electron chi connectivity index (χ3n) is 2.94. The van der Waals surface area contributed by atoms with Crippen LogP contribution in [0.1, 0.15) is 24.9 Å². The van der Waals surface area contributed by atoms with Crippen LogP contribution >= 0.6 is 11.8 Å². The molecule has 0 bridgehead atoms. The number of rotatable bonds is 4. The Labute approximate surface area is 101 Å². The summed E-state index contributed by atoms with van der Waals surface area (Å²) in [6.45, 7) is 4.23. The van der Waals surface area contributed by atoms with Crippen molar-refractivity contribution in [3.05, 3.63) is 23.7 Å². The van der Waals surface area contributed by atoms with Gasteiger partial charge in [0.15, 0.2) is 0 Å². The molecule has 0 aliphatic carbocycles.